The number of anilines is 1. The maximum Gasteiger partial charge on any atom is 0.234 e. The van der Waals surface area contributed by atoms with E-state index in [0.717, 1.165) is 36.9 Å². The summed E-state index contributed by atoms with van der Waals surface area (Å²) in [6.07, 6.45) is 0. The fraction of sp³-hybridized carbons (Fsp3) is 0.588. The summed E-state index contributed by atoms with van der Waals surface area (Å²) in [4.78, 5) is 16.6. The molecule has 0 aliphatic carbocycles. The van der Waals surface area contributed by atoms with Crippen LogP contribution in [0.25, 0.3) is 0 Å². The molecule has 1 aromatic rings. The Morgan fingerprint density at radius 3 is 2.50 bits per heavy atom. The Morgan fingerprint density at radius 1 is 1.23 bits per heavy atom. The molecule has 1 aromatic carbocycles. The van der Waals surface area contributed by atoms with E-state index in [9.17, 15) is 4.79 Å². The van der Waals surface area contributed by atoms with Crippen molar-refractivity contribution in [3.05, 3.63) is 29.3 Å². The summed E-state index contributed by atoms with van der Waals surface area (Å²) in [7, 11) is 0. The lowest BCUT2D eigenvalue weighted by atomic mass is 10.1. The minimum Gasteiger partial charge on any atom is -0.369 e. The molecule has 0 saturated carbocycles. The van der Waals surface area contributed by atoms with Crippen LogP contribution < -0.4 is 10.2 Å². The smallest absolute Gasteiger partial charge is 0.234 e. The van der Waals surface area contributed by atoms with Crippen LogP contribution in [0.4, 0.5) is 5.69 Å². The normalized spacial score (nSPS) is 17.6. The van der Waals surface area contributed by atoms with Crippen LogP contribution in [0.1, 0.15) is 20.8 Å². The highest BCUT2D eigenvalue weighted by Crippen LogP contribution is 2.20. The van der Waals surface area contributed by atoms with Gasteiger partial charge in [0.25, 0.3) is 0 Å². The monoisotopic (exact) mass is 323 g/mol. The third-order valence-corrected chi connectivity index (χ3v) is 4.54. The van der Waals surface area contributed by atoms with Crippen LogP contribution >= 0.6 is 11.6 Å². The van der Waals surface area contributed by atoms with Gasteiger partial charge < -0.3 is 10.2 Å². The van der Waals surface area contributed by atoms with Gasteiger partial charge in [0.2, 0.25) is 5.91 Å². The predicted octanol–water partition coefficient (Wildman–Crippen LogP) is 2.62. The van der Waals surface area contributed by atoms with Gasteiger partial charge in [0.1, 0.15) is 0 Å². The van der Waals surface area contributed by atoms with E-state index in [1.807, 2.05) is 18.2 Å². The second kappa shape index (κ2) is 7.84. The van der Waals surface area contributed by atoms with E-state index >= 15 is 0 Å². The van der Waals surface area contributed by atoms with E-state index < -0.39 is 0 Å². The molecule has 1 N–H and O–H groups in total. The Balaban J connectivity index is 1.79. The first-order valence-corrected chi connectivity index (χ1v) is 8.35. The van der Waals surface area contributed by atoms with Gasteiger partial charge in [-0.2, -0.15) is 0 Å². The number of hydrogen-bond donors (Lipinski definition) is 1. The van der Waals surface area contributed by atoms with E-state index in [2.05, 4.69) is 42.0 Å². The number of hydrogen-bond acceptors (Lipinski definition) is 3. The Kier molecular flexibility index (Phi) is 6.09. The van der Waals surface area contributed by atoms with E-state index in [-0.39, 0.29) is 11.9 Å². The quantitative estimate of drug-likeness (QED) is 0.905. The summed E-state index contributed by atoms with van der Waals surface area (Å²) in [6.45, 7) is 10.4. The van der Waals surface area contributed by atoms with Crippen molar-refractivity contribution in [3.63, 3.8) is 0 Å². The lowest BCUT2D eigenvalue weighted by Gasteiger charge is -2.36. The zero-order valence-corrected chi connectivity index (χ0v) is 14.4. The highest BCUT2D eigenvalue weighted by molar-refractivity contribution is 6.30. The van der Waals surface area contributed by atoms with Crippen LogP contribution in [-0.2, 0) is 4.79 Å². The fourth-order valence-electron chi connectivity index (χ4n) is 2.51. The molecule has 4 nitrogen and oxygen atoms in total. The average Bonchev–Trinajstić information content (AvgIpc) is 2.47. The van der Waals surface area contributed by atoms with E-state index in [4.69, 9.17) is 11.6 Å². The Hall–Kier alpha value is -1.26. The summed E-state index contributed by atoms with van der Waals surface area (Å²) >= 11 is 6.05. The van der Waals surface area contributed by atoms with Crippen LogP contribution in [0.3, 0.4) is 0 Å². The van der Waals surface area contributed by atoms with Crippen molar-refractivity contribution in [1.82, 2.24) is 10.2 Å². The van der Waals surface area contributed by atoms with Crippen LogP contribution in [0.5, 0.6) is 0 Å². The van der Waals surface area contributed by atoms with Crippen molar-refractivity contribution in [3.8, 4) is 0 Å². The third-order valence-electron chi connectivity index (χ3n) is 4.30. The maximum atomic E-state index is 12.0. The van der Waals surface area contributed by atoms with Crippen molar-refractivity contribution in [2.24, 2.45) is 5.92 Å². The number of carbonyl (C=O) groups excluding carboxylic acids is 1. The molecule has 1 atom stereocenters. The molecule has 1 aliphatic rings. The van der Waals surface area contributed by atoms with Crippen LogP contribution in [-0.4, -0.2) is 49.6 Å². The van der Waals surface area contributed by atoms with Crippen molar-refractivity contribution in [2.45, 2.75) is 26.8 Å². The van der Waals surface area contributed by atoms with E-state index in [1.54, 1.807) is 0 Å². The summed E-state index contributed by atoms with van der Waals surface area (Å²) < 4.78 is 0. The molecular weight excluding hydrogens is 298 g/mol. The van der Waals surface area contributed by atoms with Crippen LogP contribution in [0.2, 0.25) is 5.02 Å². The standard InChI is InChI=1S/C17H26ClN3O/c1-13(2)14(3)19-17(22)12-20-7-9-21(10-8-20)16-6-4-5-15(18)11-16/h4-6,11,13-14H,7-10,12H2,1-3H3,(H,19,22)/t14-/m1/s1. The minimum atomic E-state index is 0.123. The molecule has 0 bridgehead atoms. The molecule has 1 heterocycles. The zero-order chi connectivity index (χ0) is 16.1. The SMILES string of the molecule is CC(C)[C@@H](C)NC(=O)CN1CCN(c2cccc(Cl)c2)CC1. The molecule has 5 heteroatoms. The van der Waals surface area contributed by atoms with Gasteiger partial charge in [0, 0.05) is 42.9 Å². The lowest BCUT2D eigenvalue weighted by molar-refractivity contribution is -0.123. The van der Waals surface area contributed by atoms with Gasteiger partial charge >= 0.3 is 0 Å². The second-order valence-electron chi connectivity index (χ2n) is 6.34. The maximum absolute atomic E-state index is 12.0. The topological polar surface area (TPSA) is 35.6 Å². The molecular formula is C17H26ClN3O. The van der Waals surface area contributed by atoms with Crippen molar-refractivity contribution in [1.29, 1.82) is 0 Å². The number of nitrogens with zero attached hydrogens (tertiary/aromatic N) is 2. The van der Waals surface area contributed by atoms with Gasteiger partial charge in [-0.15, -0.1) is 0 Å². The molecule has 0 spiro atoms. The number of amides is 1. The average molecular weight is 324 g/mol. The van der Waals surface area contributed by atoms with Gasteiger partial charge in [0.15, 0.2) is 0 Å². The van der Waals surface area contributed by atoms with Crippen molar-refractivity contribution >= 4 is 23.2 Å². The molecule has 1 aliphatic heterocycles. The number of carbonyl (C=O) groups is 1. The summed E-state index contributed by atoms with van der Waals surface area (Å²) in [5, 5.41) is 3.83. The Bertz CT molecular complexity index is 498. The van der Waals surface area contributed by atoms with Crippen molar-refractivity contribution < 1.29 is 4.79 Å². The Labute approximate surface area is 138 Å². The molecule has 2 rings (SSSR count). The molecule has 1 fully saturated rings. The van der Waals surface area contributed by atoms with Gasteiger partial charge in [-0.3, -0.25) is 9.69 Å². The molecule has 122 valence electrons. The first kappa shape index (κ1) is 17.1. The molecule has 0 unspecified atom stereocenters. The minimum absolute atomic E-state index is 0.123. The first-order valence-electron chi connectivity index (χ1n) is 7.98. The molecule has 1 saturated heterocycles. The van der Waals surface area contributed by atoms with Gasteiger partial charge in [-0.1, -0.05) is 31.5 Å². The third kappa shape index (κ3) is 4.89. The predicted molar refractivity (Wildman–Crippen MR) is 92.5 cm³/mol. The number of rotatable bonds is 5. The molecule has 0 aromatic heterocycles. The van der Waals surface area contributed by atoms with Gasteiger partial charge in [-0.25, -0.2) is 0 Å². The summed E-state index contributed by atoms with van der Waals surface area (Å²) in [6, 6.07) is 8.17. The highest BCUT2D eigenvalue weighted by Gasteiger charge is 2.20. The number of piperazine rings is 1. The van der Waals surface area contributed by atoms with Crippen molar-refractivity contribution in [2.75, 3.05) is 37.6 Å². The first-order chi connectivity index (χ1) is 10.5. The lowest BCUT2D eigenvalue weighted by Crippen LogP contribution is -2.50. The summed E-state index contributed by atoms with van der Waals surface area (Å²) in [5.41, 5.74) is 1.16. The number of halogens is 1. The zero-order valence-electron chi connectivity index (χ0n) is 13.7. The van der Waals surface area contributed by atoms with E-state index in [0.29, 0.717) is 12.5 Å². The fourth-order valence-corrected chi connectivity index (χ4v) is 2.69. The molecule has 1 amide bonds. The summed E-state index contributed by atoms with van der Waals surface area (Å²) in [5.74, 6) is 0.584. The van der Waals surface area contributed by atoms with Crippen LogP contribution in [0.15, 0.2) is 24.3 Å². The van der Waals surface area contributed by atoms with Crippen LogP contribution in [0, 0.1) is 5.92 Å². The highest BCUT2D eigenvalue weighted by atomic mass is 35.5. The Morgan fingerprint density at radius 2 is 1.91 bits per heavy atom. The largest absolute Gasteiger partial charge is 0.369 e. The second-order valence-corrected chi connectivity index (χ2v) is 6.78. The number of benzene rings is 1. The van der Waals surface area contributed by atoms with E-state index in [1.165, 1.54) is 0 Å². The van der Waals surface area contributed by atoms with Gasteiger partial charge in [0.05, 0.1) is 6.54 Å². The molecule has 22 heavy (non-hydrogen) atoms. The number of nitrogens with one attached hydrogen (secondary N) is 1. The molecule has 0 radical (unpaired) electrons. The van der Waals surface area contributed by atoms with Gasteiger partial charge in [-0.05, 0) is 31.0 Å².